The molecule has 9 heteroatoms. The van der Waals surface area contributed by atoms with Gasteiger partial charge in [-0.2, -0.15) is 0 Å². The van der Waals surface area contributed by atoms with Crippen molar-refractivity contribution in [2.45, 2.75) is 23.5 Å². The Hall–Kier alpha value is -4.11. The van der Waals surface area contributed by atoms with Crippen molar-refractivity contribution in [2.75, 3.05) is 19.1 Å². The van der Waals surface area contributed by atoms with Crippen LogP contribution in [0.2, 0.25) is 0 Å². The van der Waals surface area contributed by atoms with Crippen molar-refractivity contribution < 1.29 is 27.1 Å². The van der Waals surface area contributed by atoms with Crippen molar-refractivity contribution in [3.63, 3.8) is 0 Å². The molecule has 4 rings (SSSR count). The molecule has 2 aromatic heterocycles. The third kappa shape index (κ3) is 5.04. The first-order valence-electron chi connectivity index (χ1n) is 10.7. The Labute approximate surface area is 203 Å². The van der Waals surface area contributed by atoms with Gasteiger partial charge >= 0.3 is 0 Å². The number of aryl methyl sites for hydroxylation is 1. The number of furan rings is 1. The Morgan fingerprint density at radius 2 is 1.69 bits per heavy atom. The quantitative estimate of drug-likeness (QED) is 0.352. The summed E-state index contributed by atoms with van der Waals surface area (Å²) in [5.74, 6) is 0.795. The minimum Gasteiger partial charge on any atom is -0.493 e. The molecule has 0 aliphatic rings. The first-order valence-corrected chi connectivity index (χ1v) is 12.2. The van der Waals surface area contributed by atoms with Crippen LogP contribution in [0.25, 0.3) is 0 Å². The molecule has 0 aliphatic carbocycles. The summed E-state index contributed by atoms with van der Waals surface area (Å²) in [7, 11) is -0.846. The average Bonchev–Trinajstić information content (AvgIpc) is 3.39. The fraction of sp³-hybridized carbons (Fsp3) is 0.154. The molecule has 0 aliphatic heterocycles. The molecule has 180 valence electrons. The van der Waals surface area contributed by atoms with Crippen LogP contribution < -0.4 is 14.4 Å². The summed E-state index contributed by atoms with van der Waals surface area (Å²) in [5, 5.41) is -0.309. The standard InChI is InChI=1S/C26H24N2O6S/c1-18-7-10-20(11-8-18)35(30,31)25-14-13-22(34-25)26(29)28(24-6-4-5-15-27-24)17-19-9-12-21(32-2)23(16-19)33-3/h4-16H,17H2,1-3H3. The molecule has 0 atom stereocenters. The van der Waals surface area contributed by atoms with Crippen LogP contribution in [0.15, 0.2) is 93.4 Å². The SMILES string of the molecule is COc1ccc(CN(C(=O)c2ccc(S(=O)(=O)c3ccc(C)cc3)o2)c2ccccn2)cc1OC. The number of ether oxygens (including phenoxy) is 2. The Bertz CT molecular complexity index is 1430. The second-order valence-corrected chi connectivity index (χ2v) is 9.58. The molecule has 0 spiro atoms. The zero-order chi connectivity index (χ0) is 25.0. The van der Waals surface area contributed by atoms with Crippen LogP contribution in [0.4, 0.5) is 5.82 Å². The van der Waals surface area contributed by atoms with Crippen LogP contribution in [0.1, 0.15) is 21.7 Å². The Morgan fingerprint density at radius 3 is 2.34 bits per heavy atom. The van der Waals surface area contributed by atoms with Gasteiger partial charge in [0.15, 0.2) is 17.3 Å². The first-order chi connectivity index (χ1) is 16.8. The molecule has 0 bridgehead atoms. The minimum absolute atomic E-state index is 0.0864. The molecular weight excluding hydrogens is 468 g/mol. The molecule has 0 N–H and O–H groups in total. The Kier molecular flexibility index (Phi) is 6.88. The maximum Gasteiger partial charge on any atom is 0.295 e. The van der Waals surface area contributed by atoms with E-state index in [-0.39, 0.29) is 22.3 Å². The van der Waals surface area contributed by atoms with Gasteiger partial charge in [-0.05, 0) is 61.0 Å². The van der Waals surface area contributed by atoms with E-state index in [1.54, 1.807) is 61.8 Å². The predicted octanol–water partition coefficient (Wildman–Crippen LogP) is 4.68. The van der Waals surface area contributed by atoms with Gasteiger partial charge in [0.2, 0.25) is 14.9 Å². The lowest BCUT2D eigenvalue weighted by molar-refractivity contribution is 0.0952. The second kappa shape index (κ2) is 10.0. The van der Waals surface area contributed by atoms with Gasteiger partial charge in [-0.25, -0.2) is 13.4 Å². The summed E-state index contributed by atoms with van der Waals surface area (Å²) in [5.41, 5.74) is 1.68. The number of carbonyl (C=O) groups is 1. The number of pyridine rings is 1. The maximum atomic E-state index is 13.5. The van der Waals surface area contributed by atoms with Crippen molar-refractivity contribution in [1.82, 2.24) is 4.98 Å². The lowest BCUT2D eigenvalue weighted by Crippen LogP contribution is -2.30. The van der Waals surface area contributed by atoms with Crippen LogP contribution in [-0.2, 0) is 16.4 Å². The molecular formula is C26H24N2O6S. The largest absolute Gasteiger partial charge is 0.493 e. The van der Waals surface area contributed by atoms with E-state index in [4.69, 9.17) is 13.9 Å². The van der Waals surface area contributed by atoms with Crippen molar-refractivity contribution in [3.05, 3.63) is 95.9 Å². The fourth-order valence-corrected chi connectivity index (χ4v) is 4.65. The number of aromatic nitrogens is 1. The number of anilines is 1. The van der Waals surface area contributed by atoms with Gasteiger partial charge in [-0.1, -0.05) is 29.8 Å². The first kappa shape index (κ1) is 24.0. The van der Waals surface area contributed by atoms with Crippen LogP contribution in [-0.4, -0.2) is 33.5 Å². The highest BCUT2D eigenvalue weighted by Crippen LogP contribution is 2.30. The van der Waals surface area contributed by atoms with Crippen LogP contribution in [0.5, 0.6) is 11.5 Å². The zero-order valence-electron chi connectivity index (χ0n) is 19.5. The van der Waals surface area contributed by atoms with E-state index in [2.05, 4.69) is 4.98 Å². The Morgan fingerprint density at radius 1 is 0.943 bits per heavy atom. The second-order valence-electron chi connectivity index (χ2n) is 7.70. The van der Waals surface area contributed by atoms with Crippen molar-refractivity contribution >= 4 is 21.6 Å². The van der Waals surface area contributed by atoms with Gasteiger partial charge in [0, 0.05) is 6.20 Å². The normalized spacial score (nSPS) is 11.2. The lowest BCUT2D eigenvalue weighted by atomic mass is 10.1. The summed E-state index contributed by atoms with van der Waals surface area (Å²) in [6.07, 6.45) is 1.57. The van der Waals surface area contributed by atoms with Crippen molar-refractivity contribution in [2.24, 2.45) is 0 Å². The van der Waals surface area contributed by atoms with Crippen LogP contribution in [0, 0.1) is 6.92 Å². The lowest BCUT2D eigenvalue weighted by Gasteiger charge is -2.21. The Balaban J connectivity index is 1.67. The van der Waals surface area contributed by atoms with Gasteiger partial charge in [0.1, 0.15) is 5.82 Å². The van der Waals surface area contributed by atoms with Crippen LogP contribution in [0.3, 0.4) is 0 Å². The maximum absolute atomic E-state index is 13.5. The van der Waals surface area contributed by atoms with Gasteiger partial charge in [-0.15, -0.1) is 0 Å². The van der Waals surface area contributed by atoms with Crippen molar-refractivity contribution in [3.8, 4) is 11.5 Å². The highest BCUT2D eigenvalue weighted by Gasteiger charge is 2.27. The summed E-state index contributed by atoms with van der Waals surface area (Å²) in [6.45, 7) is 2.00. The number of methoxy groups -OCH3 is 2. The molecule has 1 amide bonds. The summed E-state index contributed by atoms with van der Waals surface area (Å²) < 4.78 is 42.2. The summed E-state index contributed by atoms with van der Waals surface area (Å²) in [6, 6.07) is 19.6. The van der Waals surface area contributed by atoms with Crippen molar-refractivity contribution in [1.29, 1.82) is 0 Å². The van der Waals surface area contributed by atoms with E-state index in [1.165, 1.54) is 36.3 Å². The molecule has 2 heterocycles. The number of carbonyl (C=O) groups excluding carboxylic acids is 1. The molecule has 0 saturated heterocycles. The highest BCUT2D eigenvalue weighted by atomic mass is 32.2. The molecule has 4 aromatic rings. The summed E-state index contributed by atoms with van der Waals surface area (Å²) in [4.78, 5) is 19.3. The molecule has 2 aromatic carbocycles. The van der Waals surface area contributed by atoms with Crippen LogP contribution >= 0.6 is 0 Å². The molecule has 35 heavy (non-hydrogen) atoms. The number of hydrogen-bond acceptors (Lipinski definition) is 7. The van der Waals surface area contributed by atoms with E-state index in [0.29, 0.717) is 17.3 Å². The average molecular weight is 493 g/mol. The number of amides is 1. The third-order valence-corrected chi connectivity index (χ3v) is 6.99. The highest BCUT2D eigenvalue weighted by molar-refractivity contribution is 7.91. The zero-order valence-corrected chi connectivity index (χ0v) is 20.3. The van der Waals surface area contributed by atoms with E-state index in [9.17, 15) is 13.2 Å². The number of sulfone groups is 1. The predicted molar refractivity (Wildman–Crippen MR) is 130 cm³/mol. The number of benzene rings is 2. The number of hydrogen-bond donors (Lipinski definition) is 0. The van der Waals surface area contributed by atoms with Gasteiger partial charge in [0.05, 0.1) is 25.7 Å². The summed E-state index contributed by atoms with van der Waals surface area (Å²) >= 11 is 0. The molecule has 8 nitrogen and oxygen atoms in total. The third-order valence-electron chi connectivity index (χ3n) is 5.35. The van der Waals surface area contributed by atoms with E-state index in [0.717, 1.165) is 11.1 Å². The van der Waals surface area contributed by atoms with E-state index < -0.39 is 15.7 Å². The number of rotatable bonds is 8. The number of nitrogens with zero attached hydrogens (tertiary/aromatic N) is 2. The minimum atomic E-state index is -3.92. The smallest absolute Gasteiger partial charge is 0.295 e. The van der Waals surface area contributed by atoms with Gasteiger partial charge in [-0.3, -0.25) is 9.69 Å². The topological polar surface area (TPSA) is 98.9 Å². The van der Waals surface area contributed by atoms with Gasteiger partial charge < -0.3 is 13.9 Å². The molecule has 0 fully saturated rings. The fourth-order valence-electron chi connectivity index (χ4n) is 3.48. The van der Waals surface area contributed by atoms with E-state index >= 15 is 0 Å². The molecule has 0 radical (unpaired) electrons. The molecule has 0 unspecified atom stereocenters. The van der Waals surface area contributed by atoms with E-state index in [1.807, 2.05) is 6.92 Å². The monoisotopic (exact) mass is 492 g/mol. The van der Waals surface area contributed by atoms with Gasteiger partial charge in [0.25, 0.3) is 5.91 Å². The molecule has 0 saturated carbocycles.